The van der Waals surface area contributed by atoms with Gasteiger partial charge in [0.15, 0.2) is 0 Å². The predicted octanol–water partition coefficient (Wildman–Crippen LogP) is -0.00440. The molecule has 0 atom stereocenters. The zero-order valence-corrected chi connectivity index (χ0v) is 27.2. The second-order valence-electron chi connectivity index (χ2n) is 9.36. The van der Waals surface area contributed by atoms with E-state index in [-0.39, 0.29) is 35.6 Å². The summed E-state index contributed by atoms with van der Waals surface area (Å²) in [5.41, 5.74) is 7.30. The predicted molar refractivity (Wildman–Crippen MR) is 137 cm³/mol. The van der Waals surface area contributed by atoms with Crippen molar-refractivity contribution in [2.45, 2.75) is 107 Å². The van der Waals surface area contributed by atoms with Crippen LogP contribution >= 0.6 is 0 Å². The van der Waals surface area contributed by atoms with Gasteiger partial charge in [-0.15, -0.1) is 0 Å². The zero-order valence-electron chi connectivity index (χ0n) is 25.2. The first-order chi connectivity index (χ1) is 16.5. The maximum absolute atomic E-state index is 11.0. The summed E-state index contributed by atoms with van der Waals surface area (Å²) in [6, 6.07) is 0.206. The SMILES string of the molecule is CC(=O)OOC(C)=O.CC(C)=NNC(=O)OC(C)(C)C.CC(C)NNC(=O)OC(C)(C)C.[B-]OC(C)=O.[Na+]. The third-order valence-corrected chi connectivity index (χ3v) is 2.07. The zero-order chi connectivity index (χ0) is 30.4. The molecule has 0 aromatic rings. The van der Waals surface area contributed by atoms with Crippen molar-refractivity contribution in [3.8, 4) is 0 Å². The van der Waals surface area contributed by atoms with Crippen molar-refractivity contribution in [3.05, 3.63) is 0 Å². The Morgan fingerprint density at radius 3 is 1.29 bits per heavy atom. The van der Waals surface area contributed by atoms with Gasteiger partial charge in [-0.05, 0) is 69.2 Å². The quantitative estimate of drug-likeness (QED) is 0.184. The van der Waals surface area contributed by atoms with E-state index in [0.717, 1.165) is 19.6 Å². The summed E-state index contributed by atoms with van der Waals surface area (Å²) in [5, 5.41) is 3.70. The van der Waals surface area contributed by atoms with Crippen LogP contribution in [0.5, 0.6) is 0 Å². The monoisotopic (exact) mass is 557 g/mol. The molecule has 0 aliphatic rings. The molecule has 38 heavy (non-hydrogen) atoms. The molecule has 0 aliphatic heterocycles. The fourth-order valence-electron chi connectivity index (χ4n) is 1.08. The van der Waals surface area contributed by atoms with Gasteiger partial charge in [0.2, 0.25) is 5.97 Å². The van der Waals surface area contributed by atoms with E-state index < -0.39 is 41.3 Å². The summed E-state index contributed by atoms with van der Waals surface area (Å²) in [7, 11) is 4.32. The van der Waals surface area contributed by atoms with E-state index >= 15 is 0 Å². The molecule has 14 nitrogen and oxygen atoms in total. The van der Waals surface area contributed by atoms with Gasteiger partial charge in [-0.25, -0.2) is 39.8 Å². The third kappa shape index (κ3) is 59.0. The normalized spacial score (nSPS) is 9.45. The summed E-state index contributed by atoms with van der Waals surface area (Å²) < 4.78 is 13.5. The van der Waals surface area contributed by atoms with Crippen molar-refractivity contribution >= 4 is 43.9 Å². The number of nitrogens with zero attached hydrogens (tertiary/aromatic N) is 1. The second-order valence-corrected chi connectivity index (χ2v) is 9.36. The van der Waals surface area contributed by atoms with Crippen molar-refractivity contribution in [2.75, 3.05) is 0 Å². The van der Waals surface area contributed by atoms with Gasteiger partial charge in [-0.1, -0.05) is 0 Å². The van der Waals surface area contributed by atoms with Crippen LogP contribution in [0.1, 0.15) is 90.0 Å². The molecule has 2 amide bonds. The minimum Gasteiger partial charge on any atom is -0.793 e. The van der Waals surface area contributed by atoms with Gasteiger partial charge in [0.25, 0.3) is 0 Å². The van der Waals surface area contributed by atoms with E-state index in [1.165, 1.54) is 6.92 Å². The Labute approximate surface area is 249 Å². The van der Waals surface area contributed by atoms with Crippen LogP contribution in [0.3, 0.4) is 0 Å². The van der Waals surface area contributed by atoms with Crippen molar-refractivity contribution in [1.82, 2.24) is 16.3 Å². The number of rotatable bonds is 3. The third-order valence-electron chi connectivity index (χ3n) is 2.07. The molecule has 3 N–H and O–H groups in total. The number of carbonyl (C=O) groups excluding carboxylic acids is 5. The number of carbonyl (C=O) groups is 5. The Bertz CT molecular complexity index is 719. The largest absolute Gasteiger partial charge is 1.00 e. The molecule has 0 aliphatic carbocycles. The molecule has 0 unspecified atom stereocenters. The molecule has 0 aromatic heterocycles. The Morgan fingerprint density at radius 1 is 0.711 bits per heavy atom. The molecule has 0 saturated carbocycles. The van der Waals surface area contributed by atoms with Crippen molar-refractivity contribution < 1.29 is 77.4 Å². The molecular formula is C22H43BN4NaO10. The van der Waals surface area contributed by atoms with E-state index in [1.54, 1.807) is 34.6 Å². The fourth-order valence-corrected chi connectivity index (χ4v) is 1.08. The number of hydrogen-bond acceptors (Lipinski definition) is 12. The molecule has 16 heteroatoms. The van der Waals surface area contributed by atoms with Crippen LogP contribution in [0, 0.1) is 0 Å². The number of hydrazine groups is 1. The van der Waals surface area contributed by atoms with E-state index in [9.17, 15) is 24.0 Å². The van der Waals surface area contributed by atoms with Crippen LogP contribution in [-0.4, -0.2) is 61.1 Å². The van der Waals surface area contributed by atoms with Gasteiger partial charge >= 0.3 is 53.7 Å². The minimum atomic E-state index is -0.639. The van der Waals surface area contributed by atoms with Crippen molar-refractivity contribution in [1.29, 1.82) is 0 Å². The molecule has 3 radical (unpaired) electrons. The number of hydrazone groups is 1. The van der Waals surface area contributed by atoms with Crippen LogP contribution in [0.4, 0.5) is 9.59 Å². The fraction of sp³-hybridized carbons (Fsp3) is 0.727. The molecule has 0 saturated heterocycles. The molecular weight excluding hydrogens is 514 g/mol. The van der Waals surface area contributed by atoms with Gasteiger partial charge in [0.1, 0.15) is 11.2 Å². The molecule has 0 aromatic carbocycles. The number of ether oxygens (including phenoxy) is 2. The standard InChI is InChI=1S/C8H18N2O2.C8H16N2O2.C4H6O4.C2H3BO2.Na/c2*1-6(2)9-10-7(11)12-8(3,4)5;1-3(5)7-8-4(2)6;1-2(4)5-3;/h6,9H,1-5H3,(H,10,11);1-5H3,(H,10,11);1-2H3;1H3;/q;;;-1;+1. The summed E-state index contributed by atoms with van der Waals surface area (Å²) >= 11 is 0. The molecule has 0 spiro atoms. The first kappa shape index (κ1) is 45.6. The first-order valence-corrected chi connectivity index (χ1v) is 11.0. The smallest absolute Gasteiger partial charge is 0.793 e. The van der Waals surface area contributed by atoms with E-state index in [1.807, 2.05) is 34.6 Å². The maximum atomic E-state index is 11.0. The number of hydrogen-bond donors (Lipinski definition) is 3. The Kier molecular flexibility index (Phi) is 29.9. The van der Waals surface area contributed by atoms with Crippen LogP contribution in [0.15, 0.2) is 5.10 Å². The average molecular weight is 557 g/mol. The van der Waals surface area contributed by atoms with Crippen molar-refractivity contribution in [2.24, 2.45) is 5.10 Å². The second kappa shape index (κ2) is 25.0. The Balaban J connectivity index is -0.000000132. The van der Waals surface area contributed by atoms with Gasteiger partial charge in [-0.2, -0.15) is 5.10 Å². The van der Waals surface area contributed by atoms with E-state index in [4.69, 9.17) is 9.47 Å². The summed E-state index contributed by atoms with van der Waals surface area (Å²) in [6.45, 7) is 21.8. The van der Waals surface area contributed by atoms with Crippen LogP contribution in [-0.2, 0) is 38.3 Å². The summed E-state index contributed by atoms with van der Waals surface area (Å²) in [6.07, 6.45) is -0.972. The topological polar surface area (TPSA) is 180 Å². The Morgan fingerprint density at radius 2 is 1.05 bits per heavy atom. The molecule has 215 valence electrons. The summed E-state index contributed by atoms with van der Waals surface area (Å²) in [5.74, 6) is -1.74. The van der Waals surface area contributed by atoms with Crippen LogP contribution in [0.2, 0.25) is 0 Å². The maximum Gasteiger partial charge on any atom is 1.00 e. The minimum absolute atomic E-state index is 0. The average Bonchev–Trinajstić information content (AvgIpc) is 2.68. The number of nitrogens with one attached hydrogen (secondary N) is 3. The Hall–Kier alpha value is -2.36. The van der Waals surface area contributed by atoms with Crippen LogP contribution < -0.4 is 45.8 Å². The molecule has 0 heterocycles. The molecule has 0 fully saturated rings. The van der Waals surface area contributed by atoms with Gasteiger partial charge in [-0.3, -0.25) is 10.2 Å². The molecule has 0 bridgehead atoms. The van der Waals surface area contributed by atoms with Gasteiger partial charge < -0.3 is 22.2 Å². The van der Waals surface area contributed by atoms with Crippen molar-refractivity contribution in [3.63, 3.8) is 0 Å². The molecule has 0 rings (SSSR count). The first-order valence-electron chi connectivity index (χ1n) is 11.0. The van der Waals surface area contributed by atoms with E-state index in [0.29, 0.717) is 0 Å². The van der Waals surface area contributed by atoms with Crippen LogP contribution in [0.25, 0.3) is 0 Å². The van der Waals surface area contributed by atoms with Gasteiger partial charge in [0, 0.05) is 32.5 Å². The van der Waals surface area contributed by atoms with Gasteiger partial charge in [0.05, 0.1) is 0 Å². The van der Waals surface area contributed by atoms with E-state index in [2.05, 4.69) is 43.9 Å². The summed E-state index contributed by atoms with van der Waals surface area (Å²) in [4.78, 5) is 58.7. The number of amides is 2.